The van der Waals surface area contributed by atoms with Crippen LogP contribution in [0.3, 0.4) is 0 Å². The highest BCUT2D eigenvalue weighted by Crippen LogP contribution is 2.30. The molecule has 0 bridgehead atoms. The van der Waals surface area contributed by atoms with Crippen molar-refractivity contribution in [3.8, 4) is 11.1 Å². The van der Waals surface area contributed by atoms with Crippen molar-refractivity contribution in [2.24, 2.45) is 5.92 Å². The van der Waals surface area contributed by atoms with E-state index in [9.17, 15) is 5.11 Å². The first-order chi connectivity index (χ1) is 12.7. The standard InChI is InChI=1S/C23H30ClNO/c1-25(21(17-26)15-18-7-3-2-4-8-18)16-19-11-13-20(14-12-19)22-9-5-6-10-23(22)24/h5-6,9-14,18,21,26H,2-4,7-8,15-17H2,1H3. The maximum Gasteiger partial charge on any atom is 0.0586 e. The molecule has 0 spiro atoms. The summed E-state index contributed by atoms with van der Waals surface area (Å²) in [6, 6.07) is 16.8. The lowest BCUT2D eigenvalue weighted by molar-refractivity contribution is 0.112. The minimum absolute atomic E-state index is 0.241. The molecule has 1 saturated carbocycles. The van der Waals surface area contributed by atoms with Gasteiger partial charge in [0.1, 0.15) is 0 Å². The van der Waals surface area contributed by atoms with E-state index < -0.39 is 0 Å². The molecule has 26 heavy (non-hydrogen) atoms. The summed E-state index contributed by atoms with van der Waals surface area (Å²) in [5, 5.41) is 10.7. The molecule has 3 rings (SSSR count). The van der Waals surface area contributed by atoms with Gasteiger partial charge in [-0.15, -0.1) is 0 Å². The average Bonchev–Trinajstić information content (AvgIpc) is 2.68. The van der Waals surface area contributed by atoms with Crippen LogP contribution in [0, 0.1) is 5.92 Å². The van der Waals surface area contributed by atoms with Gasteiger partial charge in [-0.2, -0.15) is 0 Å². The Kier molecular flexibility index (Phi) is 7.13. The molecule has 0 amide bonds. The quantitative estimate of drug-likeness (QED) is 0.667. The van der Waals surface area contributed by atoms with Crippen LogP contribution in [0.5, 0.6) is 0 Å². The lowest BCUT2D eigenvalue weighted by Gasteiger charge is -2.31. The van der Waals surface area contributed by atoms with E-state index in [0.29, 0.717) is 0 Å². The fraction of sp³-hybridized carbons (Fsp3) is 0.478. The minimum Gasteiger partial charge on any atom is -0.395 e. The monoisotopic (exact) mass is 371 g/mol. The second-order valence-electron chi connectivity index (χ2n) is 7.67. The lowest BCUT2D eigenvalue weighted by Crippen LogP contribution is -2.36. The van der Waals surface area contributed by atoms with Crippen molar-refractivity contribution in [2.75, 3.05) is 13.7 Å². The minimum atomic E-state index is 0.241. The van der Waals surface area contributed by atoms with Crippen LogP contribution >= 0.6 is 11.6 Å². The molecule has 0 radical (unpaired) electrons. The number of aliphatic hydroxyl groups is 1. The second-order valence-corrected chi connectivity index (χ2v) is 8.08. The van der Waals surface area contributed by atoms with Gasteiger partial charge in [0.15, 0.2) is 0 Å². The molecule has 3 heteroatoms. The number of hydrogen-bond acceptors (Lipinski definition) is 2. The molecular weight excluding hydrogens is 342 g/mol. The molecule has 1 aliphatic carbocycles. The van der Waals surface area contributed by atoms with Gasteiger partial charge in [0.2, 0.25) is 0 Å². The predicted octanol–water partition coefficient (Wildman–Crippen LogP) is 5.77. The number of halogens is 1. The van der Waals surface area contributed by atoms with Crippen LogP contribution < -0.4 is 0 Å². The van der Waals surface area contributed by atoms with Gasteiger partial charge in [-0.1, -0.05) is 86.2 Å². The highest BCUT2D eigenvalue weighted by atomic mass is 35.5. The van der Waals surface area contributed by atoms with Crippen molar-refractivity contribution in [1.29, 1.82) is 0 Å². The Labute approximate surface area is 162 Å². The van der Waals surface area contributed by atoms with Gasteiger partial charge in [-0.25, -0.2) is 0 Å². The van der Waals surface area contributed by atoms with E-state index in [1.54, 1.807) is 0 Å². The molecule has 1 unspecified atom stereocenters. The number of nitrogens with zero attached hydrogens (tertiary/aromatic N) is 1. The van der Waals surface area contributed by atoms with Gasteiger partial charge in [0.05, 0.1) is 6.61 Å². The summed E-state index contributed by atoms with van der Waals surface area (Å²) in [5.74, 6) is 0.783. The highest BCUT2D eigenvalue weighted by Gasteiger charge is 2.21. The first-order valence-electron chi connectivity index (χ1n) is 9.82. The van der Waals surface area contributed by atoms with Crippen molar-refractivity contribution in [3.05, 3.63) is 59.1 Å². The summed E-state index contributed by atoms with van der Waals surface area (Å²) >= 11 is 6.30. The Morgan fingerprint density at radius 2 is 1.73 bits per heavy atom. The third-order valence-electron chi connectivity index (χ3n) is 5.74. The summed E-state index contributed by atoms with van der Waals surface area (Å²) in [7, 11) is 2.13. The molecule has 1 fully saturated rings. The first kappa shape index (κ1) is 19.4. The fourth-order valence-electron chi connectivity index (χ4n) is 4.10. The molecule has 1 N–H and O–H groups in total. The number of benzene rings is 2. The van der Waals surface area contributed by atoms with Crippen LogP contribution in [-0.2, 0) is 6.54 Å². The maximum absolute atomic E-state index is 9.87. The summed E-state index contributed by atoms with van der Waals surface area (Å²) in [5.41, 5.74) is 3.48. The largest absolute Gasteiger partial charge is 0.395 e. The van der Waals surface area contributed by atoms with E-state index in [-0.39, 0.29) is 12.6 Å². The highest BCUT2D eigenvalue weighted by molar-refractivity contribution is 6.33. The third-order valence-corrected chi connectivity index (χ3v) is 6.06. The lowest BCUT2D eigenvalue weighted by atomic mass is 9.84. The number of hydrogen-bond donors (Lipinski definition) is 1. The van der Waals surface area contributed by atoms with Crippen molar-refractivity contribution in [1.82, 2.24) is 4.90 Å². The average molecular weight is 372 g/mol. The van der Waals surface area contributed by atoms with E-state index in [2.05, 4.69) is 42.3 Å². The molecule has 1 aliphatic rings. The van der Waals surface area contributed by atoms with Gasteiger partial charge in [0, 0.05) is 23.2 Å². The molecule has 1 atom stereocenters. The van der Waals surface area contributed by atoms with Gasteiger partial charge < -0.3 is 5.11 Å². The third kappa shape index (κ3) is 5.09. The van der Waals surface area contributed by atoms with Crippen molar-refractivity contribution in [3.63, 3.8) is 0 Å². The summed E-state index contributed by atoms with van der Waals surface area (Å²) < 4.78 is 0. The van der Waals surface area contributed by atoms with Crippen molar-refractivity contribution >= 4 is 11.6 Å². The van der Waals surface area contributed by atoms with Gasteiger partial charge in [-0.05, 0) is 36.6 Å². The van der Waals surface area contributed by atoms with E-state index in [1.165, 1.54) is 37.7 Å². The van der Waals surface area contributed by atoms with Crippen LogP contribution in [0.1, 0.15) is 44.1 Å². The van der Waals surface area contributed by atoms with E-state index in [0.717, 1.165) is 35.0 Å². The van der Waals surface area contributed by atoms with Crippen LogP contribution in [0.25, 0.3) is 11.1 Å². The predicted molar refractivity (Wildman–Crippen MR) is 110 cm³/mol. The van der Waals surface area contributed by atoms with Gasteiger partial charge in [-0.3, -0.25) is 4.90 Å². The van der Waals surface area contributed by atoms with Gasteiger partial charge >= 0.3 is 0 Å². The summed E-state index contributed by atoms with van der Waals surface area (Å²) in [6.07, 6.45) is 7.87. The van der Waals surface area contributed by atoms with E-state index in [4.69, 9.17) is 11.6 Å². The molecule has 2 aromatic rings. The normalized spacial score (nSPS) is 16.8. The molecule has 2 aromatic carbocycles. The van der Waals surface area contributed by atoms with Crippen LogP contribution in [-0.4, -0.2) is 29.7 Å². The molecular formula is C23H30ClNO. The molecule has 140 valence electrons. The zero-order chi connectivity index (χ0) is 18.4. The SMILES string of the molecule is CN(Cc1ccc(-c2ccccc2Cl)cc1)C(CO)CC1CCCCC1. The zero-order valence-electron chi connectivity index (χ0n) is 15.7. The van der Waals surface area contributed by atoms with Crippen LogP contribution in [0.2, 0.25) is 5.02 Å². The number of aliphatic hydroxyl groups excluding tert-OH is 1. The Balaban J connectivity index is 1.61. The Morgan fingerprint density at radius 3 is 2.38 bits per heavy atom. The number of rotatable bonds is 7. The molecule has 2 nitrogen and oxygen atoms in total. The van der Waals surface area contributed by atoms with Crippen molar-refractivity contribution < 1.29 is 5.11 Å². The topological polar surface area (TPSA) is 23.5 Å². The summed E-state index contributed by atoms with van der Waals surface area (Å²) in [6.45, 7) is 1.10. The Morgan fingerprint density at radius 1 is 1.04 bits per heavy atom. The summed E-state index contributed by atoms with van der Waals surface area (Å²) in [4.78, 5) is 2.30. The molecule has 0 aromatic heterocycles. The molecule has 0 saturated heterocycles. The van der Waals surface area contributed by atoms with Crippen molar-refractivity contribution in [2.45, 2.75) is 51.1 Å². The molecule has 0 aliphatic heterocycles. The number of likely N-dealkylation sites (N-methyl/N-ethyl adjacent to an activating group) is 1. The Hall–Kier alpha value is -1.35. The van der Waals surface area contributed by atoms with Crippen LogP contribution in [0.15, 0.2) is 48.5 Å². The van der Waals surface area contributed by atoms with Crippen LogP contribution in [0.4, 0.5) is 0 Å². The second kappa shape index (κ2) is 9.55. The van der Waals surface area contributed by atoms with E-state index >= 15 is 0 Å². The fourth-order valence-corrected chi connectivity index (χ4v) is 4.35. The smallest absolute Gasteiger partial charge is 0.0586 e. The zero-order valence-corrected chi connectivity index (χ0v) is 16.5. The maximum atomic E-state index is 9.87. The Bertz CT molecular complexity index is 679. The van der Waals surface area contributed by atoms with Gasteiger partial charge in [0.25, 0.3) is 0 Å². The molecule has 0 heterocycles. The van der Waals surface area contributed by atoms with E-state index in [1.807, 2.05) is 18.2 Å². The first-order valence-corrected chi connectivity index (χ1v) is 10.2.